The number of sulfone groups is 1. The molecular formula is C28H29FN8O4S. The van der Waals surface area contributed by atoms with Gasteiger partial charge in [0, 0.05) is 38.1 Å². The van der Waals surface area contributed by atoms with Crippen molar-refractivity contribution >= 4 is 38.4 Å². The number of carbonyl (C=O) groups is 1. The highest BCUT2D eigenvalue weighted by molar-refractivity contribution is 7.90. The van der Waals surface area contributed by atoms with E-state index in [0.717, 1.165) is 10.8 Å². The number of piperazine rings is 1. The Balaban J connectivity index is 1.86. The molecule has 2 N–H and O–H groups in total. The predicted octanol–water partition coefficient (Wildman–Crippen LogP) is 2.15. The molecule has 1 saturated heterocycles. The maximum atomic E-state index is 15.8. The molecule has 12 nitrogen and oxygen atoms in total. The second-order valence-electron chi connectivity index (χ2n) is 9.99. The van der Waals surface area contributed by atoms with Crippen LogP contribution in [0, 0.1) is 5.82 Å². The Morgan fingerprint density at radius 3 is 2.67 bits per heavy atom. The minimum atomic E-state index is -3.82. The zero-order valence-corrected chi connectivity index (χ0v) is 24.1. The van der Waals surface area contributed by atoms with Crippen molar-refractivity contribution in [3.05, 3.63) is 71.3 Å². The molecule has 1 atom stereocenters. The topological polar surface area (TPSA) is 157 Å². The maximum absolute atomic E-state index is 15.8. The van der Waals surface area contributed by atoms with E-state index in [2.05, 4.69) is 26.5 Å². The molecule has 3 aromatic heterocycles. The number of carbonyl (C=O) groups excluding carboxylic acids is 1. The summed E-state index contributed by atoms with van der Waals surface area (Å²) in [7, 11) is -3.82. The van der Waals surface area contributed by atoms with Gasteiger partial charge in [-0.25, -0.2) is 37.1 Å². The predicted molar refractivity (Wildman–Crippen MR) is 157 cm³/mol. The lowest BCUT2D eigenvalue weighted by Crippen LogP contribution is -2.54. The number of nitrogens with two attached hydrogens (primary N) is 1. The quantitative estimate of drug-likeness (QED) is 0.329. The number of pyridine rings is 1. The van der Waals surface area contributed by atoms with Crippen LogP contribution in [0.5, 0.6) is 0 Å². The summed E-state index contributed by atoms with van der Waals surface area (Å²) in [4.78, 5) is 46.3. The van der Waals surface area contributed by atoms with E-state index in [1.165, 1.54) is 30.7 Å². The Bertz CT molecular complexity index is 1910. The molecule has 0 saturated carbocycles. The van der Waals surface area contributed by atoms with Crippen LogP contribution in [0.3, 0.4) is 0 Å². The van der Waals surface area contributed by atoms with E-state index in [4.69, 9.17) is 5.73 Å². The summed E-state index contributed by atoms with van der Waals surface area (Å²) in [5, 5.41) is 0.173. The molecule has 1 aliphatic heterocycles. The van der Waals surface area contributed by atoms with Crippen LogP contribution in [0.25, 0.3) is 28.0 Å². The first-order valence-electron chi connectivity index (χ1n) is 13.2. The number of hydrogen-bond donors (Lipinski definition) is 1. The third-order valence-electron chi connectivity index (χ3n) is 7.27. The van der Waals surface area contributed by atoms with Crippen molar-refractivity contribution in [1.29, 1.82) is 0 Å². The van der Waals surface area contributed by atoms with Gasteiger partial charge in [-0.1, -0.05) is 25.6 Å². The lowest BCUT2D eigenvalue weighted by molar-refractivity contribution is -0.126. The van der Waals surface area contributed by atoms with Crippen molar-refractivity contribution in [3.8, 4) is 16.9 Å². The van der Waals surface area contributed by atoms with Crippen molar-refractivity contribution in [1.82, 2.24) is 29.4 Å². The van der Waals surface area contributed by atoms with Gasteiger partial charge >= 0.3 is 5.69 Å². The minimum Gasteiger partial charge on any atom is -0.383 e. The number of hydrogen-bond acceptors (Lipinski definition) is 10. The van der Waals surface area contributed by atoms with E-state index in [9.17, 15) is 18.0 Å². The Morgan fingerprint density at radius 1 is 1.26 bits per heavy atom. The van der Waals surface area contributed by atoms with E-state index in [-0.39, 0.29) is 56.5 Å². The van der Waals surface area contributed by atoms with Crippen LogP contribution in [-0.4, -0.2) is 75.7 Å². The fourth-order valence-electron chi connectivity index (χ4n) is 5.24. The number of amides is 1. The second-order valence-corrected chi connectivity index (χ2v) is 12.0. The Hall–Kier alpha value is -4.72. The van der Waals surface area contributed by atoms with E-state index in [1.54, 1.807) is 17.0 Å². The number of aromatic nitrogens is 5. The zero-order valence-electron chi connectivity index (χ0n) is 23.3. The molecule has 0 radical (unpaired) electrons. The number of nitrogens with zero attached hydrogens (tertiary/aromatic N) is 7. The molecule has 1 fully saturated rings. The van der Waals surface area contributed by atoms with E-state index < -0.39 is 21.3 Å². The highest BCUT2D eigenvalue weighted by Gasteiger charge is 2.31. The molecule has 4 heterocycles. The third kappa shape index (κ3) is 4.98. The van der Waals surface area contributed by atoms with Gasteiger partial charge < -0.3 is 15.5 Å². The van der Waals surface area contributed by atoms with Crippen LogP contribution in [0.4, 0.5) is 16.0 Å². The molecule has 0 aliphatic carbocycles. The summed E-state index contributed by atoms with van der Waals surface area (Å²) in [5.41, 5.74) is 5.73. The fraction of sp³-hybridized carbons (Fsp3) is 0.286. The molecule has 42 heavy (non-hydrogen) atoms. The summed E-state index contributed by atoms with van der Waals surface area (Å²) < 4.78 is 42.7. The van der Waals surface area contributed by atoms with Crippen LogP contribution in [-0.2, 0) is 21.1 Å². The summed E-state index contributed by atoms with van der Waals surface area (Å²) in [5.74, 6) is -0.854. The number of rotatable bonds is 6. The smallest absolute Gasteiger partial charge is 0.355 e. The van der Waals surface area contributed by atoms with Crippen LogP contribution >= 0.6 is 0 Å². The lowest BCUT2D eigenvalue weighted by atomic mass is 10.1. The van der Waals surface area contributed by atoms with Gasteiger partial charge in [0.25, 0.3) is 0 Å². The summed E-state index contributed by atoms with van der Waals surface area (Å²) >= 11 is 0. The number of aryl methyl sites for hydroxylation is 1. The van der Waals surface area contributed by atoms with Gasteiger partial charge in [0.1, 0.15) is 23.7 Å². The first-order valence-corrected chi connectivity index (χ1v) is 15.0. The number of fused-ring (bicyclic) bond motifs is 1. The standard InChI is InChI=1S/C28H29FN8O4S/c1-5-17-8-7-9-21(42(4,40)41)24(17)37-27-18(12-20(29)23(33-27)19-13-31-15-32-25(19)30)26(34-28(37)39)36-11-10-35(14-16(36)3)22(38)6-2/h6-9,12-13,15-16H,2,5,10-11,14H2,1,3-4H3,(H2,30,31,32)/t16-/m0/s1. The Morgan fingerprint density at radius 2 is 2.02 bits per heavy atom. The average Bonchev–Trinajstić information content (AvgIpc) is 2.96. The molecular weight excluding hydrogens is 563 g/mol. The first-order chi connectivity index (χ1) is 20.0. The zero-order chi connectivity index (χ0) is 30.3. The fourth-order valence-corrected chi connectivity index (χ4v) is 6.14. The minimum absolute atomic E-state index is 0.0211. The van der Waals surface area contributed by atoms with Crippen molar-refractivity contribution < 1.29 is 17.6 Å². The van der Waals surface area contributed by atoms with Gasteiger partial charge in [0.2, 0.25) is 5.91 Å². The molecule has 1 amide bonds. The van der Waals surface area contributed by atoms with Gasteiger partial charge in [-0.15, -0.1) is 0 Å². The second kappa shape index (κ2) is 10.9. The molecule has 218 valence electrons. The molecule has 0 spiro atoms. The van der Waals surface area contributed by atoms with Crippen molar-refractivity contribution in [2.24, 2.45) is 0 Å². The van der Waals surface area contributed by atoms with Crippen molar-refractivity contribution in [2.45, 2.75) is 31.2 Å². The highest BCUT2D eigenvalue weighted by atomic mass is 32.2. The molecule has 5 rings (SSSR count). The number of anilines is 2. The molecule has 0 bridgehead atoms. The van der Waals surface area contributed by atoms with E-state index >= 15 is 4.39 Å². The molecule has 1 aliphatic rings. The molecule has 1 aromatic carbocycles. The van der Waals surface area contributed by atoms with Crippen molar-refractivity contribution in [2.75, 3.05) is 36.5 Å². The van der Waals surface area contributed by atoms with Crippen molar-refractivity contribution in [3.63, 3.8) is 0 Å². The van der Waals surface area contributed by atoms with E-state index in [0.29, 0.717) is 31.6 Å². The van der Waals surface area contributed by atoms with Crippen LogP contribution in [0.15, 0.2) is 59.1 Å². The Kier molecular flexibility index (Phi) is 7.49. The number of nitrogen functional groups attached to an aromatic ring is 1. The number of para-hydroxylation sites is 1. The first kappa shape index (κ1) is 28.8. The van der Waals surface area contributed by atoms with Crippen LogP contribution < -0.4 is 16.3 Å². The summed E-state index contributed by atoms with van der Waals surface area (Å²) in [6.45, 7) is 8.17. The average molecular weight is 593 g/mol. The van der Waals surface area contributed by atoms with Crippen LogP contribution in [0.1, 0.15) is 19.4 Å². The summed E-state index contributed by atoms with van der Waals surface area (Å²) in [6.07, 6.45) is 5.19. The molecule has 14 heteroatoms. The number of halogens is 1. The Labute approximate surface area is 241 Å². The van der Waals surface area contributed by atoms with Gasteiger partial charge in [-0.3, -0.25) is 4.79 Å². The summed E-state index contributed by atoms with van der Waals surface area (Å²) in [6, 6.07) is 5.61. The normalized spacial score (nSPS) is 15.7. The highest BCUT2D eigenvalue weighted by Crippen LogP contribution is 2.34. The molecule has 0 unspecified atom stereocenters. The monoisotopic (exact) mass is 592 g/mol. The third-order valence-corrected chi connectivity index (χ3v) is 8.40. The van der Waals surface area contributed by atoms with Gasteiger partial charge in [-0.05, 0) is 37.1 Å². The van der Waals surface area contributed by atoms with Gasteiger partial charge in [0.05, 0.1) is 21.5 Å². The largest absolute Gasteiger partial charge is 0.383 e. The number of benzene rings is 1. The maximum Gasteiger partial charge on any atom is 0.355 e. The SMILES string of the molecule is C=CC(=O)N1CCN(c2nc(=O)n(-c3c(CC)cccc3S(C)(=O)=O)c3nc(-c4cncnc4N)c(F)cc23)[C@@H](C)C1. The molecule has 4 aromatic rings. The van der Waals surface area contributed by atoms with Gasteiger partial charge in [-0.2, -0.15) is 4.98 Å². The lowest BCUT2D eigenvalue weighted by Gasteiger charge is -2.40. The van der Waals surface area contributed by atoms with Crippen LogP contribution in [0.2, 0.25) is 0 Å². The van der Waals surface area contributed by atoms with E-state index in [1.807, 2.05) is 18.7 Å². The van der Waals surface area contributed by atoms with Gasteiger partial charge in [0.15, 0.2) is 21.3 Å².